The second kappa shape index (κ2) is 6.72. The number of halogens is 2. The molecule has 1 aromatic carbocycles. The fraction of sp³-hybridized carbons (Fsp3) is 0.636. The molecule has 5 fully saturated rings. The van der Waals surface area contributed by atoms with Crippen LogP contribution in [0.2, 0.25) is 5.02 Å². The van der Waals surface area contributed by atoms with Crippen molar-refractivity contribution in [3.63, 3.8) is 0 Å². The van der Waals surface area contributed by atoms with Gasteiger partial charge in [0.05, 0.1) is 16.1 Å². The summed E-state index contributed by atoms with van der Waals surface area (Å²) in [5.41, 5.74) is 0.160. The molecule has 150 valence electrons. The summed E-state index contributed by atoms with van der Waals surface area (Å²) in [5, 5.41) is 2.98. The van der Waals surface area contributed by atoms with Gasteiger partial charge in [0.15, 0.2) is 0 Å². The molecule has 6 heteroatoms. The van der Waals surface area contributed by atoms with E-state index in [4.69, 9.17) is 11.6 Å². The van der Waals surface area contributed by atoms with Crippen LogP contribution in [0.5, 0.6) is 0 Å². The first-order valence-electron chi connectivity index (χ1n) is 10.5. The van der Waals surface area contributed by atoms with Crippen LogP contribution in [-0.2, 0) is 9.59 Å². The van der Waals surface area contributed by atoms with Crippen LogP contribution in [-0.4, -0.2) is 29.3 Å². The Morgan fingerprint density at radius 1 is 1.11 bits per heavy atom. The van der Waals surface area contributed by atoms with Gasteiger partial charge >= 0.3 is 0 Å². The molecule has 2 amide bonds. The van der Waals surface area contributed by atoms with E-state index < -0.39 is 11.9 Å². The zero-order valence-corrected chi connectivity index (χ0v) is 16.7. The smallest absolute Gasteiger partial charge is 0.247 e. The predicted molar refractivity (Wildman–Crippen MR) is 105 cm³/mol. The summed E-state index contributed by atoms with van der Waals surface area (Å²) in [6.07, 6.45) is 8.40. The van der Waals surface area contributed by atoms with Crippen molar-refractivity contribution in [3.05, 3.63) is 29.0 Å². The second-order valence-corrected chi connectivity index (χ2v) is 9.88. The molecule has 0 spiro atoms. The molecule has 4 saturated carbocycles. The summed E-state index contributed by atoms with van der Waals surface area (Å²) in [6.45, 7) is 0.649. The zero-order valence-electron chi connectivity index (χ0n) is 15.9. The highest BCUT2D eigenvalue weighted by atomic mass is 35.5. The molecule has 1 atom stereocenters. The van der Waals surface area contributed by atoms with E-state index in [-0.39, 0.29) is 22.3 Å². The van der Waals surface area contributed by atoms with Gasteiger partial charge in [-0.3, -0.25) is 9.59 Å². The van der Waals surface area contributed by atoms with Crippen molar-refractivity contribution in [2.45, 2.75) is 57.4 Å². The van der Waals surface area contributed by atoms with Crippen LogP contribution in [0.1, 0.15) is 51.4 Å². The van der Waals surface area contributed by atoms with Crippen molar-refractivity contribution >= 4 is 29.1 Å². The molecular weight excluding hydrogens is 379 g/mol. The maximum Gasteiger partial charge on any atom is 0.247 e. The largest absolute Gasteiger partial charge is 0.330 e. The SMILES string of the molecule is O=C(Nc1ccc(F)cc1Cl)[C@H]1CCCN1C(=O)C12CC3CC(CC(C3)C1)C2. The van der Waals surface area contributed by atoms with E-state index in [2.05, 4.69) is 5.32 Å². The Balaban J connectivity index is 1.34. The number of carbonyl (C=O) groups excluding carboxylic acids is 2. The molecule has 0 aromatic heterocycles. The average Bonchev–Trinajstić information content (AvgIpc) is 3.12. The fourth-order valence-corrected chi connectivity index (χ4v) is 6.98. The summed E-state index contributed by atoms with van der Waals surface area (Å²) in [7, 11) is 0. The quantitative estimate of drug-likeness (QED) is 0.798. The molecule has 6 rings (SSSR count). The Morgan fingerprint density at radius 3 is 2.36 bits per heavy atom. The third kappa shape index (κ3) is 3.02. The number of carbonyl (C=O) groups is 2. The number of anilines is 1. The van der Waals surface area contributed by atoms with Crippen molar-refractivity contribution in [2.75, 3.05) is 11.9 Å². The van der Waals surface area contributed by atoms with E-state index in [1.807, 2.05) is 4.90 Å². The maximum atomic E-state index is 13.6. The molecule has 1 aromatic rings. The Kier molecular flexibility index (Phi) is 4.42. The van der Waals surface area contributed by atoms with E-state index in [1.165, 1.54) is 37.5 Å². The van der Waals surface area contributed by atoms with E-state index >= 15 is 0 Å². The van der Waals surface area contributed by atoms with Gasteiger partial charge in [-0.2, -0.15) is 0 Å². The van der Waals surface area contributed by atoms with Gasteiger partial charge < -0.3 is 10.2 Å². The lowest BCUT2D eigenvalue weighted by atomic mass is 9.49. The molecule has 0 unspecified atom stereocenters. The standard InChI is InChI=1S/C22H26ClFN2O2/c23-17-9-16(24)3-4-18(17)25-20(27)19-2-1-5-26(19)21(28)22-10-13-6-14(11-22)8-15(7-13)12-22/h3-4,9,13-15,19H,1-2,5-8,10-12H2,(H,25,27)/t13?,14?,15?,19-,22?/m1/s1. The minimum Gasteiger partial charge on any atom is -0.330 e. The van der Waals surface area contributed by atoms with E-state index in [0.29, 0.717) is 36.4 Å². The maximum absolute atomic E-state index is 13.6. The highest BCUT2D eigenvalue weighted by Crippen LogP contribution is 2.60. The van der Waals surface area contributed by atoms with Crippen molar-refractivity contribution in [1.29, 1.82) is 0 Å². The van der Waals surface area contributed by atoms with E-state index in [1.54, 1.807) is 0 Å². The molecule has 1 heterocycles. The summed E-state index contributed by atoms with van der Waals surface area (Å²) in [4.78, 5) is 28.4. The molecule has 4 nitrogen and oxygen atoms in total. The Bertz CT molecular complexity index is 791. The topological polar surface area (TPSA) is 49.4 Å². The van der Waals surface area contributed by atoms with Crippen LogP contribution in [0.4, 0.5) is 10.1 Å². The molecule has 5 aliphatic rings. The Hall–Kier alpha value is -1.62. The lowest BCUT2D eigenvalue weighted by Crippen LogP contribution is -2.56. The summed E-state index contributed by atoms with van der Waals surface area (Å²) >= 11 is 6.05. The van der Waals surface area contributed by atoms with Gasteiger partial charge in [0, 0.05) is 6.54 Å². The highest BCUT2D eigenvalue weighted by Gasteiger charge is 2.56. The average molecular weight is 405 g/mol. The lowest BCUT2D eigenvalue weighted by Gasteiger charge is -2.56. The summed E-state index contributed by atoms with van der Waals surface area (Å²) in [6, 6.07) is 3.47. The summed E-state index contributed by atoms with van der Waals surface area (Å²) < 4.78 is 13.3. The highest BCUT2D eigenvalue weighted by molar-refractivity contribution is 6.33. The van der Waals surface area contributed by atoms with E-state index in [0.717, 1.165) is 25.7 Å². The number of nitrogens with zero attached hydrogens (tertiary/aromatic N) is 1. The van der Waals surface area contributed by atoms with Gasteiger partial charge in [-0.15, -0.1) is 0 Å². The van der Waals surface area contributed by atoms with Gasteiger partial charge in [0.1, 0.15) is 11.9 Å². The zero-order chi connectivity index (χ0) is 19.5. The van der Waals surface area contributed by atoms with Gasteiger partial charge in [-0.25, -0.2) is 4.39 Å². The van der Waals surface area contributed by atoms with Crippen LogP contribution in [0.15, 0.2) is 18.2 Å². The molecule has 0 radical (unpaired) electrons. The van der Waals surface area contributed by atoms with Crippen LogP contribution in [0, 0.1) is 29.0 Å². The molecule has 1 N–H and O–H groups in total. The van der Waals surface area contributed by atoms with Crippen molar-refractivity contribution in [2.24, 2.45) is 23.2 Å². The minimum atomic E-state index is -0.457. The first-order valence-corrected chi connectivity index (χ1v) is 10.9. The first kappa shape index (κ1) is 18.4. The van der Waals surface area contributed by atoms with Crippen LogP contribution >= 0.6 is 11.6 Å². The Labute approximate surface area is 169 Å². The number of hydrogen-bond acceptors (Lipinski definition) is 2. The molecule has 4 bridgehead atoms. The summed E-state index contributed by atoms with van der Waals surface area (Å²) in [5.74, 6) is 1.63. The van der Waals surface area contributed by atoms with Crippen LogP contribution < -0.4 is 5.32 Å². The van der Waals surface area contributed by atoms with Gasteiger partial charge in [-0.05, 0) is 87.3 Å². The van der Waals surface area contributed by atoms with Crippen LogP contribution in [0.3, 0.4) is 0 Å². The first-order chi connectivity index (χ1) is 13.4. The van der Waals surface area contributed by atoms with Gasteiger partial charge in [0.25, 0.3) is 0 Å². The number of rotatable bonds is 3. The molecule has 1 aliphatic heterocycles. The van der Waals surface area contributed by atoms with Crippen molar-refractivity contribution in [1.82, 2.24) is 4.90 Å². The van der Waals surface area contributed by atoms with Gasteiger partial charge in [-0.1, -0.05) is 11.6 Å². The van der Waals surface area contributed by atoms with Crippen LogP contribution in [0.25, 0.3) is 0 Å². The fourth-order valence-electron chi connectivity index (χ4n) is 6.77. The number of amides is 2. The molecule has 28 heavy (non-hydrogen) atoms. The molecule has 4 aliphatic carbocycles. The number of nitrogens with one attached hydrogen (secondary N) is 1. The molecule has 1 saturated heterocycles. The third-order valence-corrected chi connectivity index (χ3v) is 7.81. The number of hydrogen-bond donors (Lipinski definition) is 1. The molecular formula is C22H26ClFN2O2. The van der Waals surface area contributed by atoms with E-state index in [9.17, 15) is 14.0 Å². The van der Waals surface area contributed by atoms with Gasteiger partial charge in [0.2, 0.25) is 11.8 Å². The number of likely N-dealkylation sites (tertiary alicyclic amines) is 1. The van der Waals surface area contributed by atoms with Crippen molar-refractivity contribution in [3.8, 4) is 0 Å². The van der Waals surface area contributed by atoms with Crippen molar-refractivity contribution < 1.29 is 14.0 Å². The minimum absolute atomic E-state index is 0.172. The normalized spacial score (nSPS) is 36.0. The monoisotopic (exact) mass is 404 g/mol. The third-order valence-electron chi connectivity index (χ3n) is 7.50. The predicted octanol–water partition coefficient (Wildman–Crippen LogP) is 4.63. The number of benzene rings is 1. The lowest BCUT2D eigenvalue weighted by molar-refractivity contribution is -0.160. The second-order valence-electron chi connectivity index (χ2n) is 9.47. The Morgan fingerprint density at radius 2 is 1.75 bits per heavy atom.